The van der Waals surface area contributed by atoms with E-state index in [1.165, 1.54) is 4.90 Å². The van der Waals surface area contributed by atoms with Crippen molar-refractivity contribution < 1.29 is 14.4 Å². The highest BCUT2D eigenvalue weighted by Gasteiger charge is 2.37. The predicted molar refractivity (Wildman–Crippen MR) is 95.8 cm³/mol. The first kappa shape index (κ1) is 17.7. The van der Waals surface area contributed by atoms with Crippen LogP contribution < -0.4 is 10.6 Å². The third kappa shape index (κ3) is 4.11. The Bertz CT molecular complexity index is 800. The van der Waals surface area contributed by atoms with E-state index in [-0.39, 0.29) is 31.2 Å². The maximum absolute atomic E-state index is 12.4. The topological polar surface area (TPSA) is 83.4 Å². The molecule has 26 heavy (non-hydrogen) atoms. The smallest absolute Gasteiger partial charge is 0.325 e. The third-order valence-electron chi connectivity index (χ3n) is 4.47. The molecule has 1 aliphatic heterocycles. The monoisotopic (exact) mass is 354 g/mol. The van der Waals surface area contributed by atoms with E-state index in [1.54, 1.807) is 0 Å². The molecule has 0 spiro atoms. The van der Waals surface area contributed by atoms with Crippen LogP contribution in [-0.2, 0) is 29.7 Å². The predicted octanol–water partition coefficient (Wildman–Crippen LogP) is 1.54. The van der Waals surface area contributed by atoms with Gasteiger partial charge in [-0.1, -0.05) is 30.3 Å². The van der Waals surface area contributed by atoms with Gasteiger partial charge in [0.15, 0.2) is 0 Å². The van der Waals surface area contributed by atoms with Crippen LogP contribution in [0.1, 0.15) is 24.1 Å². The molecule has 2 N–H and O–H groups in total. The molecule has 2 aromatic rings. The van der Waals surface area contributed by atoms with E-state index >= 15 is 0 Å². The molecule has 136 valence electrons. The maximum atomic E-state index is 12.4. The van der Waals surface area contributed by atoms with E-state index in [0.29, 0.717) is 6.54 Å². The molecular weight excluding hydrogens is 332 g/mol. The van der Waals surface area contributed by atoms with Crippen molar-refractivity contribution in [1.29, 1.82) is 0 Å². The van der Waals surface area contributed by atoms with Crippen LogP contribution in [-0.4, -0.2) is 33.4 Å². The van der Waals surface area contributed by atoms with Gasteiger partial charge in [0, 0.05) is 25.4 Å². The second-order valence-electron chi connectivity index (χ2n) is 6.34. The second kappa shape index (κ2) is 7.86. The van der Waals surface area contributed by atoms with Crippen LogP contribution in [0.4, 0.5) is 4.79 Å². The van der Waals surface area contributed by atoms with Gasteiger partial charge < -0.3 is 15.2 Å². The van der Waals surface area contributed by atoms with E-state index < -0.39 is 12.1 Å². The van der Waals surface area contributed by atoms with Gasteiger partial charge in [0.25, 0.3) is 5.91 Å². The van der Waals surface area contributed by atoms with Crippen LogP contribution in [0.25, 0.3) is 0 Å². The molecular formula is C19H22N4O3. The van der Waals surface area contributed by atoms with Crippen LogP contribution in [0.3, 0.4) is 0 Å². The lowest BCUT2D eigenvalue weighted by molar-refractivity contribution is -0.128. The van der Waals surface area contributed by atoms with Gasteiger partial charge in [0.05, 0.1) is 13.1 Å². The number of aromatic nitrogens is 1. The first-order chi connectivity index (χ1) is 12.5. The van der Waals surface area contributed by atoms with Crippen LogP contribution in [0.15, 0.2) is 48.7 Å². The van der Waals surface area contributed by atoms with Crippen LogP contribution in [0.5, 0.6) is 0 Å². The summed E-state index contributed by atoms with van der Waals surface area (Å²) in [4.78, 5) is 37.7. The largest absolute Gasteiger partial charge is 0.353 e. The number of rotatable bonds is 7. The quantitative estimate of drug-likeness (QED) is 0.740. The minimum absolute atomic E-state index is 0.144. The number of imide groups is 1. The van der Waals surface area contributed by atoms with Gasteiger partial charge in [-0.2, -0.15) is 0 Å². The Morgan fingerprint density at radius 1 is 1.15 bits per heavy atom. The minimum Gasteiger partial charge on any atom is -0.353 e. The molecule has 0 aliphatic carbocycles. The van der Waals surface area contributed by atoms with E-state index in [2.05, 4.69) is 10.6 Å². The Morgan fingerprint density at radius 3 is 2.62 bits per heavy atom. The van der Waals surface area contributed by atoms with E-state index in [0.717, 1.165) is 11.3 Å². The highest BCUT2D eigenvalue weighted by Crippen LogP contribution is 2.15. The normalized spacial score (nSPS) is 16.7. The zero-order valence-corrected chi connectivity index (χ0v) is 14.6. The van der Waals surface area contributed by atoms with Gasteiger partial charge >= 0.3 is 6.03 Å². The van der Waals surface area contributed by atoms with Gasteiger partial charge in [-0.05, 0) is 24.1 Å². The van der Waals surface area contributed by atoms with Gasteiger partial charge in [-0.25, -0.2) is 4.79 Å². The first-order valence-corrected chi connectivity index (χ1v) is 8.57. The summed E-state index contributed by atoms with van der Waals surface area (Å²) in [6.45, 7) is 0.676. The third-order valence-corrected chi connectivity index (χ3v) is 4.47. The fourth-order valence-corrected chi connectivity index (χ4v) is 2.92. The summed E-state index contributed by atoms with van der Waals surface area (Å²) in [7, 11) is 1.91. The Balaban J connectivity index is 1.48. The summed E-state index contributed by atoms with van der Waals surface area (Å²) in [5.74, 6) is -0.427. The Kier molecular flexibility index (Phi) is 5.36. The summed E-state index contributed by atoms with van der Waals surface area (Å²) >= 11 is 0. The summed E-state index contributed by atoms with van der Waals surface area (Å²) in [5.41, 5.74) is 1.88. The number of nitrogens with zero attached hydrogens (tertiary/aromatic N) is 2. The Labute approximate surface area is 152 Å². The number of urea groups is 1. The van der Waals surface area contributed by atoms with Crippen molar-refractivity contribution in [2.24, 2.45) is 7.05 Å². The van der Waals surface area contributed by atoms with Gasteiger partial charge in [-0.3, -0.25) is 14.5 Å². The molecule has 1 aromatic carbocycles. The number of carbonyl (C=O) groups is 3. The lowest BCUT2D eigenvalue weighted by Gasteiger charge is -2.13. The summed E-state index contributed by atoms with van der Waals surface area (Å²) in [5, 5.41) is 5.49. The van der Waals surface area contributed by atoms with Crippen molar-refractivity contribution >= 4 is 17.8 Å². The maximum Gasteiger partial charge on any atom is 0.325 e. The number of amides is 4. The van der Waals surface area contributed by atoms with Crippen molar-refractivity contribution in [3.8, 4) is 0 Å². The molecule has 1 fully saturated rings. The molecule has 0 saturated carbocycles. The van der Waals surface area contributed by atoms with Crippen molar-refractivity contribution in [3.05, 3.63) is 59.9 Å². The fraction of sp³-hybridized carbons (Fsp3) is 0.316. The van der Waals surface area contributed by atoms with Crippen LogP contribution >= 0.6 is 0 Å². The fourth-order valence-electron chi connectivity index (χ4n) is 2.92. The molecule has 3 rings (SSSR count). The molecule has 0 bridgehead atoms. The number of benzene rings is 1. The van der Waals surface area contributed by atoms with Crippen LogP contribution in [0.2, 0.25) is 0 Å². The minimum atomic E-state index is -0.646. The zero-order chi connectivity index (χ0) is 18.5. The van der Waals surface area contributed by atoms with Crippen molar-refractivity contribution in [2.75, 3.05) is 0 Å². The summed E-state index contributed by atoms with van der Waals surface area (Å²) in [6, 6.07) is 12.1. The van der Waals surface area contributed by atoms with Crippen molar-refractivity contribution in [3.63, 3.8) is 0 Å². The molecule has 0 radical (unpaired) electrons. The standard InChI is InChI=1S/C19H22N4O3/c1-22-11-5-8-15(22)12-20-17(24)10-9-16-18(25)23(19(26)21-16)13-14-6-3-2-4-7-14/h2-8,11,16H,9-10,12-13H2,1H3,(H,20,24)(H,21,26). The molecule has 4 amide bonds. The molecule has 7 nitrogen and oxygen atoms in total. The molecule has 1 aliphatic rings. The SMILES string of the molecule is Cn1cccc1CNC(=O)CCC1NC(=O)N(Cc2ccccc2)C1=O. The molecule has 1 aromatic heterocycles. The summed E-state index contributed by atoms with van der Waals surface area (Å²) < 4.78 is 1.93. The Morgan fingerprint density at radius 2 is 1.92 bits per heavy atom. The van der Waals surface area contributed by atoms with E-state index in [4.69, 9.17) is 0 Å². The van der Waals surface area contributed by atoms with Gasteiger partial charge in [-0.15, -0.1) is 0 Å². The lowest BCUT2D eigenvalue weighted by atomic mass is 10.1. The van der Waals surface area contributed by atoms with E-state index in [1.807, 2.05) is 60.3 Å². The Hall–Kier alpha value is -3.09. The molecule has 1 saturated heterocycles. The van der Waals surface area contributed by atoms with Gasteiger partial charge in [0.2, 0.25) is 5.91 Å². The average molecular weight is 354 g/mol. The zero-order valence-electron chi connectivity index (χ0n) is 14.6. The molecule has 1 unspecified atom stereocenters. The van der Waals surface area contributed by atoms with E-state index in [9.17, 15) is 14.4 Å². The average Bonchev–Trinajstić information content (AvgIpc) is 3.17. The van der Waals surface area contributed by atoms with Crippen molar-refractivity contribution in [2.45, 2.75) is 32.0 Å². The van der Waals surface area contributed by atoms with Gasteiger partial charge in [0.1, 0.15) is 6.04 Å². The van der Waals surface area contributed by atoms with Crippen molar-refractivity contribution in [1.82, 2.24) is 20.1 Å². The number of nitrogens with one attached hydrogen (secondary N) is 2. The summed E-state index contributed by atoms with van der Waals surface area (Å²) in [6.07, 6.45) is 2.38. The molecule has 1 atom stereocenters. The number of aryl methyl sites for hydroxylation is 1. The van der Waals surface area contributed by atoms with Crippen LogP contribution in [0, 0.1) is 0 Å². The highest BCUT2D eigenvalue weighted by molar-refractivity contribution is 6.04. The second-order valence-corrected chi connectivity index (χ2v) is 6.34. The number of hydrogen-bond donors (Lipinski definition) is 2. The molecule has 7 heteroatoms. The number of hydrogen-bond acceptors (Lipinski definition) is 3. The molecule has 2 heterocycles. The highest BCUT2D eigenvalue weighted by atomic mass is 16.2. The lowest BCUT2D eigenvalue weighted by Crippen LogP contribution is -2.32. The number of carbonyl (C=O) groups excluding carboxylic acids is 3. The first-order valence-electron chi connectivity index (χ1n) is 8.57.